The van der Waals surface area contributed by atoms with Crippen LogP contribution in [-0.4, -0.2) is 18.6 Å². The van der Waals surface area contributed by atoms with E-state index in [2.05, 4.69) is 15.2 Å². The third-order valence-corrected chi connectivity index (χ3v) is 3.37. The maximum Gasteiger partial charge on any atom is 0.133 e. The fourth-order valence-electron chi connectivity index (χ4n) is 2.49. The molecule has 0 unspecified atom stereocenters. The molecular formula is C15H16FN3. The van der Waals surface area contributed by atoms with E-state index in [4.69, 9.17) is 0 Å². The highest BCUT2D eigenvalue weighted by Gasteiger charge is 2.21. The Balaban J connectivity index is 1.96. The molecule has 1 aliphatic rings. The summed E-state index contributed by atoms with van der Waals surface area (Å²) < 4.78 is 13.4. The molecule has 3 rings (SSSR count). The summed E-state index contributed by atoms with van der Waals surface area (Å²) in [6.07, 6.45) is 0.938. The van der Waals surface area contributed by atoms with Crippen LogP contribution in [0.3, 0.4) is 0 Å². The third-order valence-electron chi connectivity index (χ3n) is 3.37. The maximum atomic E-state index is 13.4. The molecule has 0 bridgehead atoms. The van der Waals surface area contributed by atoms with E-state index < -0.39 is 0 Å². The number of aromatic nitrogens is 1. The largest absolute Gasteiger partial charge is 0.326 e. The number of rotatable bonds is 3. The number of fused-ring (bicyclic) bond motifs is 1. The molecular weight excluding hydrogens is 241 g/mol. The Labute approximate surface area is 112 Å². The Morgan fingerprint density at radius 3 is 3.05 bits per heavy atom. The van der Waals surface area contributed by atoms with Gasteiger partial charge in [-0.05, 0) is 43.3 Å². The van der Waals surface area contributed by atoms with Crippen LogP contribution >= 0.6 is 0 Å². The molecule has 0 atom stereocenters. The first-order valence-electron chi connectivity index (χ1n) is 6.44. The molecule has 1 aromatic heterocycles. The Kier molecular flexibility index (Phi) is 3.17. The Bertz CT molecular complexity index is 598. The van der Waals surface area contributed by atoms with Gasteiger partial charge in [0, 0.05) is 18.8 Å². The summed E-state index contributed by atoms with van der Waals surface area (Å²) in [5.74, 6) is 0.689. The van der Waals surface area contributed by atoms with Crippen molar-refractivity contribution >= 4 is 11.5 Å². The van der Waals surface area contributed by atoms with Gasteiger partial charge in [0.25, 0.3) is 0 Å². The Morgan fingerprint density at radius 1 is 1.32 bits per heavy atom. The minimum absolute atomic E-state index is 0.197. The fourth-order valence-corrected chi connectivity index (χ4v) is 2.49. The fraction of sp³-hybridized carbons (Fsp3) is 0.267. The van der Waals surface area contributed by atoms with Crippen molar-refractivity contribution in [3.8, 4) is 0 Å². The van der Waals surface area contributed by atoms with E-state index >= 15 is 0 Å². The van der Waals surface area contributed by atoms with Crippen LogP contribution < -0.4 is 10.2 Å². The number of hydrogen-bond acceptors (Lipinski definition) is 3. The third kappa shape index (κ3) is 2.31. The molecule has 1 aromatic carbocycles. The normalized spacial score (nSPS) is 13.7. The van der Waals surface area contributed by atoms with Gasteiger partial charge < -0.3 is 10.2 Å². The van der Waals surface area contributed by atoms with Crippen LogP contribution in [0.15, 0.2) is 36.4 Å². The summed E-state index contributed by atoms with van der Waals surface area (Å²) in [5, 5.41) is 3.09. The smallest absolute Gasteiger partial charge is 0.133 e. The monoisotopic (exact) mass is 257 g/mol. The molecule has 0 fully saturated rings. The summed E-state index contributed by atoms with van der Waals surface area (Å²) in [7, 11) is 1.90. The molecule has 3 nitrogen and oxygen atoms in total. The highest BCUT2D eigenvalue weighted by molar-refractivity contribution is 5.67. The minimum atomic E-state index is -0.197. The standard InChI is InChI=1S/C15H16FN3/c1-17-10-13-3-2-4-15(18-13)19-8-7-11-5-6-12(16)9-14(11)19/h2-6,9,17H,7-8,10H2,1H3. The van der Waals surface area contributed by atoms with Gasteiger partial charge in [0.2, 0.25) is 0 Å². The number of nitrogens with one attached hydrogen (secondary N) is 1. The van der Waals surface area contributed by atoms with Gasteiger partial charge in [0.15, 0.2) is 0 Å². The van der Waals surface area contributed by atoms with Crippen molar-refractivity contribution < 1.29 is 4.39 Å². The zero-order valence-electron chi connectivity index (χ0n) is 10.9. The van der Waals surface area contributed by atoms with Crippen LogP contribution in [0.5, 0.6) is 0 Å². The number of hydrogen-bond donors (Lipinski definition) is 1. The average molecular weight is 257 g/mol. The minimum Gasteiger partial charge on any atom is -0.326 e. The summed E-state index contributed by atoms with van der Waals surface area (Å²) >= 11 is 0. The molecule has 2 aromatic rings. The molecule has 0 aliphatic carbocycles. The lowest BCUT2D eigenvalue weighted by atomic mass is 10.2. The van der Waals surface area contributed by atoms with Crippen LogP contribution in [0.2, 0.25) is 0 Å². The van der Waals surface area contributed by atoms with E-state index in [0.29, 0.717) is 0 Å². The quantitative estimate of drug-likeness (QED) is 0.916. The average Bonchev–Trinajstić information content (AvgIpc) is 2.82. The number of nitrogens with zero attached hydrogens (tertiary/aromatic N) is 2. The van der Waals surface area contributed by atoms with Crippen molar-refractivity contribution in [2.24, 2.45) is 0 Å². The lowest BCUT2D eigenvalue weighted by Crippen LogP contribution is -2.16. The van der Waals surface area contributed by atoms with E-state index in [0.717, 1.165) is 36.7 Å². The second kappa shape index (κ2) is 4.97. The number of anilines is 2. The molecule has 1 aliphatic heterocycles. The van der Waals surface area contributed by atoms with Crippen LogP contribution in [0, 0.1) is 5.82 Å². The van der Waals surface area contributed by atoms with Crippen molar-refractivity contribution in [1.29, 1.82) is 0 Å². The van der Waals surface area contributed by atoms with Gasteiger partial charge in [0.05, 0.1) is 5.69 Å². The van der Waals surface area contributed by atoms with Crippen molar-refractivity contribution in [2.45, 2.75) is 13.0 Å². The van der Waals surface area contributed by atoms with Crippen LogP contribution in [0.1, 0.15) is 11.3 Å². The van der Waals surface area contributed by atoms with Crippen LogP contribution in [0.25, 0.3) is 0 Å². The molecule has 98 valence electrons. The first-order chi connectivity index (χ1) is 9.28. The van der Waals surface area contributed by atoms with E-state index in [9.17, 15) is 4.39 Å². The zero-order chi connectivity index (χ0) is 13.2. The predicted octanol–water partition coefficient (Wildman–Crippen LogP) is 2.63. The van der Waals surface area contributed by atoms with Gasteiger partial charge in [-0.3, -0.25) is 0 Å². The van der Waals surface area contributed by atoms with Gasteiger partial charge in [-0.15, -0.1) is 0 Å². The molecule has 2 heterocycles. The lowest BCUT2D eigenvalue weighted by Gasteiger charge is -2.19. The summed E-state index contributed by atoms with van der Waals surface area (Å²) in [4.78, 5) is 6.69. The van der Waals surface area contributed by atoms with E-state index in [1.54, 1.807) is 6.07 Å². The molecule has 0 spiro atoms. The molecule has 0 radical (unpaired) electrons. The van der Waals surface area contributed by atoms with Crippen molar-refractivity contribution in [3.63, 3.8) is 0 Å². The Hall–Kier alpha value is -1.94. The molecule has 19 heavy (non-hydrogen) atoms. The summed E-state index contributed by atoms with van der Waals surface area (Å²) in [6, 6.07) is 10.9. The van der Waals surface area contributed by atoms with Crippen LogP contribution in [0.4, 0.5) is 15.9 Å². The van der Waals surface area contributed by atoms with Gasteiger partial charge in [-0.25, -0.2) is 9.37 Å². The topological polar surface area (TPSA) is 28.2 Å². The zero-order valence-corrected chi connectivity index (χ0v) is 10.9. The Morgan fingerprint density at radius 2 is 2.21 bits per heavy atom. The second-order valence-corrected chi connectivity index (χ2v) is 4.69. The molecule has 0 amide bonds. The van der Waals surface area contributed by atoms with Gasteiger partial charge in [-0.1, -0.05) is 12.1 Å². The number of halogens is 1. The van der Waals surface area contributed by atoms with Crippen LogP contribution in [-0.2, 0) is 13.0 Å². The summed E-state index contributed by atoms with van der Waals surface area (Å²) in [6.45, 7) is 1.59. The molecule has 0 saturated carbocycles. The van der Waals surface area contributed by atoms with E-state index in [1.807, 2.05) is 31.3 Å². The van der Waals surface area contributed by atoms with E-state index in [-0.39, 0.29) is 5.82 Å². The van der Waals surface area contributed by atoms with Crippen molar-refractivity contribution in [3.05, 3.63) is 53.5 Å². The highest BCUT2D eigenvalue weighted by atomic mass is 19.1. The summed E-state index contributed by atoms with van der Waals surface area (Å²) in [5.41, 5.74) is 3.11. The second-order valence-electron chi connectivity index (χ2n) is 4.69. The van der Waals surface area contributed by atoms with Gasteiger partial charge >= 0.3 is 0 Å². The maximum absolute atomic E-state index is 13.4. The highest BCUT2D eigenvalue weighted by Crippen LogP contribution is 2.33. The molecule has 4 heteroatoms. The van der Waals surface area contributed by atoms with Gasteiger partial charge in [0.1, 0.15) is 11.6 Å². The SMILES string of the molecule is CNCc1cccc(N2CCc3ccc(F)cc32)n1. The molecule has 0 saturated heterocycles. The number of benzene rings is 1. The lowest BCUT2D eigenvalue weighted by molar-refractivity contribution is 0.628. The predicted molar refractivity (Wildman–Crippen MR) is 74.1 cm³/mol. The van der Waals surface area contributed by atoms with Crippen molar-refractivity contribution in [1.82, 2.24) is 10.3 Å². The molecule has 1 N–H and O–H groups in total. The van der Waals surface area contributed by atoms with Gasteiger partial charge in [-0.2, -0.15) is 0 Å². The van der Waals surface area contributed by atoms with E-state index in [1.165, 1.54) is 11.6 Å². The number of pyridine rings is 1. The van der Waals surface area contributed by atoms with Crippen molar-refractivity contribution in [2.75, 3.05) is 18.5 Å². The first kappa shape index (κ1) is 12.1. The first-order valence-corrected chi connectivity index (χ1v) is 6.44.